The third-order valence-electron chi connectivity index (χ3n) is 4.17. The Hall–Kier alpha value is -3.15. The smallest absolute Gasteiger partial charge is 0.340 e. The van der Waals surface area contributed by atoms with E-state index in [9.17, 15) is 24.5 Å². The van der Waals surface area contributed by atoms with E-state index in [2.05, 4.69) is 10.6 Å². The molecule has 10 nitrogen and oxygen atoms in total. The van der Waals surface area contributed by atoms with E-state index in [1.54, 1.807) is 18.2 Å². The molecule has 1 unspecified atom stereocenters. The first-order chi connectivity index (χ1) is 15.7. The Morgan fingerprint density at radius 1 is 1.21 bits per heavy atom. The van der Waals surface area contributed by atoms with Crippen molar-refractivity contribution in [1.82, 2.24) is 5.32 Å². The second kappa shape index (κ2) is 12.8. The summed E-state index contributed by atoms with van der Waals surface area (Å²) in [6.45, 7) is 2.12. The molecule has 33 heavy (non-hydrogen) atoms. The van der Waals surface area contributed by atoms with Crippen LogP contribution in [0.4, 0.5) is 11.4 Å². The van der Waals surface area contributed by atoms with Crippen LogP contribution in [0.25, 0.3) is 0 Å². The van der Waals surface area contributed by atoms with Gasteiger partial charge in [-0.05, 0) is 25.1 Å². The van der Waals surface area contributed by atoms with Crippen LogP contribution in [0, 0.1) is 10.1 Å². The molecule has 176 valence electrons. The van der Waals surface area contributed by atoms with E-state index in [0.29, 0.717) is 18.0 Å². The number of nitro benzene ring substituents is 1. The summed E-state index contributed by atoms with van der Waals surface area (Å²) in [4.78, 5) is 47.8. The summed E-state index contributed by atoms with van der Waals surface area (Å²) < 4.78 is 10.1. The number of halogens is 1. The van der Waals surface area contributed by atoms with Gasteiger partial charge in [-0.15, -0.1) is 11.8 Å². The Morgan fingerprint density at radius 3 is 2.64 bits per heavy atom. The highest BCUT2D eigenvalue weighted by Crippen LogP contribution is 2.27. The largest absolute Gasteiger partial charge is 0.449 e. The van der Waals surface area contributed by atoms with Gasteiger partial charge in [0.1, 0.15) is 0 Å². The van der Waals surface area contributed by atoms with Crippen LogP contribution in [-0.2, 0) is 19.1 Å². The lowest BCUT2D eigenvalue weighted by Crippen LogP contribution is -2.30. The SMILES string of the molecule is COCCNC(=O)CSc1ccccc1C(=O)OC(C)C(=O)Nc1cc([N+](=O)[O-])ccc1Cl. The molecule has 0 saturated heterocycles. The number of rotatable bonds is 11. The summed E-state index contributed by atoms with van der Waals surface area (Å²) in [7, 11) is 1.53. The number of carbonyl (C=O) groups is 3. The van der Waals surface area contributed by atoms with E-state index < -0.39 is 22.9 Å². The van der Waals surface area contributed by atoms with E-state index in [4.69, 9.17) is 21.1 Å². The quantitative estimate of drug-likeness (QED) is 0.159. The van der Waals surface area contributed by atoms with Gasteiger partial charge < -0.3 is 20.1 Å². The van der Waals surface area contributed by atoms with E-state index in [1.807, 2.05) is 0 Å². The maximum atomic E-state index is 12.7. The number of non-ortho nitro benzene ring substituents is 1. The normalized spacial score (nSPS) is 11.4. The van der Waals surface area contributed by atoms with Gasteiger partial charge in [-0.3, -0.25) is 19.7 Å². The van der Waals surface area contributed by atoms with Crippen molar-refractivity contribution in [1.29, 1.82) is 0 Å². The van der Waals surface area contributed by atoms with Crippen LogP contribution in [0.1, 0.15) is 17.3 Å². The first-order valence-corrected chi connectivity index (χ1v) is 11.0. The molecule has 0 aliphatic heterocycles. The van der Waals surface area contributed by atoms with Crippen molar-refractivity contribution in [3.8, 4) is 0 Å². The van der Waals surface area contributed by atoms with Gasteiger partial charge >= 0.3 is 5.97 Å². The van der Waals surface area contributed by atoms with Crippen LogP contribution < -0.4 is 10.6 Å². The highest BCUT2D eigenvalue weighted by atomic mass is 35.5. The van der Waals surface area contributed by atoms with E-state index in [0.717, 1.165) is 17.8 Å². The third kappa shape index (κ3) is 8.04. The van der Waals surface area contributed by atoms with Crippen LogP contribution in [0.2, 0.25) is 5.02 Å². The van der Waals surface area contributed by atoms with E-state index in [1.165, 1.54) is 32.2 Å². The number of nitrogens with zero attached hydrogens (tertiary/aromatic N) is 1. The lowest BCUT2D eigenvalue weighted by molar-refractivity contribution is -0.384. The molecule has 0 heterocycles. The number of benzene rings is 2. The van der Waals surface area contributed by atoms with Gasteiger partial charge in [0.25, 0.3) is 11.6 Å². The van der Waals surface area contributed by atoms with Crippen LogP contribution in [0.5, 0.6) is 0 Å². The summed E-state index contributed by atoms with van der Waals surface area (Å²) in [5.74, 6) is -1.61. The Labute approximate surface area is 199 Å². The van der Waals surface area contributed by atoms with E-state index in [-0.39, 0.29) is 33.6 Å². The van der Waals surface area contributed by atoms with Crippen LogP contribution in [0.15, 0.2) is 47.4 Å². The number of nitrogens with one attached hydrogen (secondary N) is 2. The number of carbonyl (C=O) groups excluding carboxylic acids is 3. The molecule has 0 aliphatic rings. The molecular weight excluding hydrogens is 474 g/mol. The van der Waals surface area contributed by atoms with Crippen LogP contribution >= 0.6 is 23.4 Å². The lowest BCUT2D eigenvalue weighted by atomic mass is 10.2. The number of esters is 1. The fourth-order valence-corrected chi connectivity index (χ4v) is 3.52. The first kappa shape index (κ1) is 26.1. The van der Waals surface area contributed by atoms with Gasteiger partial charge in [0.15, 0.2) is 6.10 Å². The molecular formula is C21H22ClN3O7S. The summed E-state index contributed by atoms with van der Waals surface area (Å²) in [5, 5.41) is 16.1. The Kier molecular flexibility index (Phi) is 10.1. The summed E-state index contributed by atoms with van der Waals surface area (Å²) >= 11 is 7.14. The molecule has 0 bridgehead atoms. The molecule has 0 aromatic heterocycles. The maximum Gasteiger partial charge on any atom is 0.340 e. The molecule has 12 heteroatoms. The minimum atomic E-state index is -1.22. The zero-order valence-electron chi connectivity index (χ0n) is 17.8. The second-order valence-corrected chi connectivity index (χ2v) is 8.01. The second-order valence-electron chi connectivity index (χ2n) is 6.59. The van der Waals surface area contributed by atoms with Crippen molar-refractivity contribution in [3.05, 3.63) is 63.2 Å². The molecule has 0 fully saturated rings. The van der Waals surface area contributed by atoms with Crippen molar-refractivity contribution >= 4 is 52.5 Å². The number of ether oxygens (including phenoxy) is 2. The number of hydrogen-bond acceptors (Lipinski definition) is 8. The van der Waals surface area contributed by atoms with Crippen molar-refractivity contribution in [2.24, 2.45) is 0 Å². The molecule has 2 aromatic rings. The minimum Gasteiger partial charge on any atom is -0.449 e. The Bertz CT molecular complexity index is 1030. The molecule has 2 aromatic carbocycles. The monoisotopic (exact) mass is 495 g/mol. The number of amides is 2. The van der Waals surface area contributed by atoms with Crippen molar-refractivity contribution in [3.63, 3.8) is 0 Å². The Balaban J connectivity index is 2.00. The standard InChI is InChI=1S/C21H22ClN3O7S/c1-13(20(27)24-17-11-14(25(29)30)7-8-16(17)22)32-21(28)15-5-3-4-6-18(15)33-12-19(26)23-9-10-31-2/h3-8,11,13H,9-10,12H2,1-2H3,(H,23,26)(H,24,27). The molecule has 1 atom stereocenters. The lowest BCUT2D eigenvalue weighted by Gasteiger charge is -2.15. The highest BCUT2D eigenvalue weighted by molar-refractivity contribution is 8.00. The number of nitro groups is 1. The maximum absolute atomic E-state index is 12.7. The molecule has 2 N–H and O–H groups in total. The van der Waals surface area contributed by atoms with Gasteiger partial charge in [-0.1, -0.05) is 23.7 Å². The summed E-state index contributed by atoms with van der Waals surface area (Å²) in [5.41, 5.74) is -0.0361. The molecule has 2 amide bonds. The van der Waals surface area contributed by atoms with E-state index >= 15 is 0 Å². The topological polar surface area (TPSA) is 137 Å². The van der Waals surface area contributed by atoms with Crippen molar-refractivity contribution in [2.45, 2.75) is 17.9 Å². The van der Waals surface area contributed by atoms with Gasteiger partial charge in [0.2, 0.25) is 5.91 Å². The number of thioether (sulfide) groups is 1. The summed E-state index contributed by atoms with van der Waals surface area (Å²) in [6, 6.07) is 10.1. The summed E-state index contributed by atoms with van der Waals surface area (Å²) in [6.07, 6.45) is -1.22. The molecule has 0 spiro atoms. The van der Waals surface area contributed by atoms with Crippen molar-refractivity contribution in [2.75, 3.05) is 31.3 Å². The van der Waals surface area contributed by atoms with Gasteiger partial charge in [0.05, 0.1) is 33.6 Å². The third-order valence-corrected chi connectivity index (χ3v) is 5.57. The zero-order chi connectivity index (χ0) is 24.4. The number of anilines is 1. The molecule has 0 aliphatic carbocycles. The fraction of sp³-hybridized carbons (Fsp3) is 0.286. The average Bonchev–Trinajstić information content (AvgIpc) is 2.79. The number of methoxy groups -OCH3 is 1. The van der Waals surface area contributed by atoms with Gasteiger partial charge in [0, 0.05) is 30.7 Å². The van der Waals surface area contributed by atoms with Crippen LogP contribution in [-0.4, -0.2) is 54.8 Å². The van der Waals surface area contributed by atoms with Crippen LogP contribution in [0.3, 0.4) is 0 Å². The first-order valence-electron chi connectivity index (χ1n) is 9.66. The Morgan fingerprint density at radius 2 is 1.94 bits per heavy atom. The molecule has 2 rings (SSSR count). The minimum absolute atomic E-state index is 0.0224. The zero-order valence-corrected chi connectivity index (χ0v) is 19.4. The average molecular weight is 496 g/mol. The van der Waals surface area contributed by atoms with Gasteiger partial charge in [-0.2, -0.15) is 0 Å². The number of hydrogen-bond donors (Lipinski definition) is 2. The predicted octanol–water partition coefficient (Wildman–Crippen LogP) is 3.29. The highest BCUT2D eigenvalue weighted by Gasteiger charge is 2.22. The van der Waals surface area contributed by atoms with Gasteiger partial charge in [-0.25, -0.2) is 4.79 Å². The van der Waals surface area contributed by atoms with Crippen molar-refractivity contribution < 1.29 is 28.8 Å². The predicted molar refractivity (Wildman–Crippen MR) is 124 cm³/mol. The molecule has 0 radical (unpaired) electrons. The molecule has 0 saturated carbocycles. The fourth-order valence-electron chi connectivity index (χ4n) is 2.48.